The Kier molecular flexibility index (Phi) is 4.51. The van der Waals surface area contributed by atoms with Crippen LogP contribution in [0, 0.1) is 10.1 Å². The maximum atomic E-state index is 12.1. The number of nitro benzene ring substituents is 1. The average molecular weight is 372 g/mol. The Morgan fingerprint density at radius 3 is 2.15 bits per heavy atom. The van der Waals surface area contributed by atoms with Crippen LogP contribution in [0.25, 0.3) is 10.8 Å². The molecule has 3 rings (SSSR count). The molecule has 2 N–H and O–H groups in total. The van der Waals surface area contributed by atoms with Crippen LogP contribution in [-0.2, 0) is 0 Å². The molecule has 1 amide bonds. The Labute approximate surface area is 151 Å². The Hall–Kier alpha value is -3.52. The lowest BCUT2D eigenvalue weighted by atomic mass is 10.1. The number of phenolic OH excluding ortho intramolecular Hbond substituents is 2. The van der Waals surface area contributed by atoms with Crippen molar-refractivity contribution in [2.75, 3.05) is 0 Å². The zero-order valence-corrected chi connectivity index (χ0v) is 13.7. The number of azo groups is 1. The highest BCUT2D eigenvalue weighted by atomic mass is 35.5. The van der Waals surface area contributed by atoms with Crippen LogP contribution in [0.3, 0.4) is 0 Å². The van der Waals surface area contributed by atoms with Crippen molar-refractivity contribution in [3.8, 4) is 11.5 Å². The Bertz CT molecular complexity index is 1060. The number of phenols is 2. The van der Waals surface area contributed by atoms with Gasteiger partial charge in [-0.2, -0.15) is 0 Å². The largest absolute Gasteiger partial charge is 0.506 e. The zero-order chi connectivity index (χ0) is 18.8. The van der Waals surface area contributed by atoms with Gasteiger partial charge in [-0.1, -0.05) is 35.9 Å². The van der Waals surface area contributed by atoms with E-state index in [0.717, 1.165) is 12.1 Å². The number of non-ortho nitro benzene ring substituents is 1. The van der Waals surface area contributed by atoms with Crippen molar-refractivity contribution in [3.05, 3.63) is 69.2 Å². The van der Waals surface area contributed by atoms with Gasteiger partial charge in [0.2, 0.25) is 0 Å². The number of aromatic hydroxyl groups is 2. The van der Waals surface area contributed by atoms with Gasteiger partial charge in [0.1, 0.15) is 10.8 Å². The van der Waals surface area contributed by atoms with Gasteiger partial charge in [0.25, 0.3) is 11.6 Å². The van der Waals surface area contributed by atoms with Gasteiger partial charge in [0, 0.05) is 28.5 Å². The lowest BCUT2D eigenvalue weighted by molar-refractivity contribution is -0.384. The summed E-state index contributed by atoms with van der Waals surface area (Å²) in [6, 6.07) is 11.2. The fourth-order valence-electron chi connectivity index (χ4n) is 2.33. The van der Waals surface area contributed by atoms with E-state index in [1.54, 1.807) is 24.3 Å². The maximum Gasteiger partial charge on any atom is 0.295 e. The molecule has 8 nitrogen and oxygen atoms in total. The number of carbonyl (C=O) groups is 1. The van der Waals surface area contributed by atoms with Gasteiger partial charge in [-0.3, -0.25) is 14.9 Å². The van der Waals surface area contributed by atoms with Gasteiger partial charge in [0.05, 0.1) is 4.92 Å². The molecule has 0 bridgehead atoms. The van der Waals surface area contributed by atoms with Crippen LogP contribution in [0.5, 0.6) is 11.5 Å². The lowest BCUT2D eigenvalue weighted by Gasteiger charge is -2.08. The molecule has 0 fully saturated rings. The second kappa shape index (κ2) is 6.77. The minimum absolute atomic E-state index is 0.0694. The molecular formula is C17H10ClN3O5. The number of hydrogen-bond donors (Lipinski definition) is 2. The number of fused-ring (bicyclic) bond motifs is 1. The van der Waals surface area contributed by atoms with E-state index in [1.165, 1.54) is 12.1 Å². The van der Waals surface area contributed by atoms with Gasteiger partial charge in [-0.05, 0) is 12.1 Å². The third kappa shape index (κ3) is 3.05. The smallest absolute Gasteiger partial charge is 0.295 e. The van der Waals surface area contributed by atoms with Crippen LogP contribution >= 0.6 is 11.6 Å². The highest BCUT2D eigenvalue weighted by molar-refractivity contribution is 6.36. The molecule has 26 heavy (non-hydrogen) atoms. The first-order valence-corrected chi connectivity index (χ1v) is 7.60. The zero-order valence-electron chi connectivity index (χ0n) is 13.0. The second-order valence-corrected chi connectivity index (χ2v) is 5.59. The van der Waals surface area contributed by atoms with Gasteiger partial charge >= 0.3 is 0 Å². The van der Waals surface area contributed by atoms with Crippen LogP contribution in [0.1, 0.15) is 10.4 Å². The molecule has 0 spiro atoms. The van der Waals surface area contributed by atoms with E-state index in [9.17, 15) is 25.1 Å². The lowest BCUT2D eigenvalue weighted by Crippen LogP contribution is -1.94. The number of amides is 1. The van der Waals surface area contributed by atoms with Gasteiger partial charge in [-0.25, -0.2) is 0 Å². The third-order valence-electron chi connectivity index (χ3n) is 3.64. The van der Waals surface area contributed by atoms with Gasteiger partial charge in [0.15, 0.2) is 11.4 Å². The molecule has 0 atom stereocenters. The number of nitrogens with zero attached hydrogens (tertiary/aromatic N) is 3. The van der Waals surface area contributed by atoms with E-state index in [4.69, 9.17) is 11.6 Å². The van der Waals surface area contributed by atoms with Crippen LogP contribution in [0.15, 0.2) is 58.8 Å². The number of halogens is 1. The molecule has 0 heterocycles. The van der Waals surface area contributed by atoms with E-state index in [1.807, 2.05) is 0 Å². The van der Waals surface area contributed by atoms with Crippen molar-refractivity contribution in [2.45, 2.75) is 0 Å². The molecular weight excluding hydrogens is 362 g/mol. The number of rotatable bonds is 3. The quantitative estimate of drug-likeness (QED) is 0.297. The molecule has 9 heteroatoms. The van der Waals surface area contributed by atoms with Crippen molar-refractivity contribution in [2.24, 2.45) is 10.2 Å². The summed E-state index contributed by atoms with van der Waals surface area (Å²) >= 11 is 6.01. The molecule has 130 valence electrons. The number of hydrogen-bond acceptors (Lipinski definition) is 6. The molecule has 0 aliphatic heterocycles. The SMILES string of the molecule is O=C(N=Nc1c(Cl)c(O)c2ccccc2c1O)c1ccc([N+](=O)[O-])cc1. The number of carbonyl (C=O) groups excluding carboxylic acids is 1. The first kappa shape index (κ1) is 17.3. The fourth-order valence-corrected chi connectivity index (χ4v) is 2.56. The predicted octanol–water partition coefficient (Wildman–Crippen LogP) is 4.74. The predicted molar refractivity (Wildman–Crippen MR) is 94.2 cm³/mol. The molecule has 0 saturated heterocycles. The summed E-state index contributed by atoms with van der Waals surface area (Å²) < 4.78 is 0. The summed E-state index contributed by atoms with van der Waals surface area (Å²) in [4.78, 5) is 22.1. The van der Waals surface area contributed by atoms with Crippen molar-refractivity contribution in [1.82, 2.24) is 0 Å². The normalized spacial score (nSPS) is 11.1. The molecule has 0 aliphatic rings. The molecule has 3 aromatic rings. The van der Waals surface area contributed by atoms with E-state index >= 15 is 0 Å². The van der Waals surface area contributed by atoms with E-state index in [0.29, 0.717) is 10.8 Å². The Morgan fingerprint density at radius 1 is 1.00 bits per heavy atom. The van der Waals surface area contributed by atoms with Crippen LogP contribution in [0.2, 0.25) is 5.02 Å². The first-order valence-electron chi connectivity index (χ1n) is 7.23. The Morgan fingerprint density at radius 2 is 1.58 bits per heavy atom. The van der Waals surface area contributed by atoms with Crippen molar-refractivity contribution in [3.63, 3.8) is 0 Å². The minimum atomic E-state index is -0.789. The molecule has 3 aromatic carbocycles. The minimum Gasteiger partial charge on any atom is -0.506 e. The molecule has 0 saturated carbocycles. The monoisotopic (exact) mass is 371 g/mol. The molecule has 0 aromatic heterocycles. The molecule has 0 aliphatic carbocycles. The van der Waals surface area contributed by atoms with Crippen LogP contribution in [-0.4, -0.2) is 21.0 Å². The maximum absolute atomic E-state index is 12.1. The van der Waals surface area contributed by atoms with Crippen LogP contribution in [0.4, 0.5) is 11.4 Å². The highest BCUT2D eigenvalue weighted by Gasteiger charge is 2.18. The number of nitro groups is 1. The summed E-state index contributed by atoms with van der Waals surface area (Å²) in [5, 5.41) is 38.6. The van der Waals surface area contributed by atoms with E-state index < -0.39 is 10.8 Å². The highest BCUT2D eigenvalue weighted by Crippen LogP contribution is 2.47. The third-order valence-corrected chi connectivity index (χ3v) is 4.00. The molecule has 0 radical (unpaired) electrons. The summed E-state index contributed by atoms with van der Waals surface area (Å²) in [5.74, 6) is -1.41. The average Bonchev–Trinajstić information content (AvgIpc) is 2.66. The summed E-state index contributed by atoms with van der Waals surface area (Å²) in [7, 11) is 0. The first-order chi connectivity index (χ1) is 12.4. The Balaban J connectivity index is 1.97. The second-order valence-electron chi connectivity index (χ2n) is 5.21. The summed E-state index contributed by atoms with van der Waals surface area (Å²) in [5.41, 5.74) is -0.350. The van der Waals surface area contributed by atoms with Crippen LogP contribution < -0.4 is 0 Å². The van der Waals surface area contributed by atoms with Crippen molar-refractivity contribution in [1.29, 1.82) is 0 Å². The van der Waals surface area contributed by atoms with E-state index in [2.05, 4.69) is 10.2 Å². The molecule has 0 unspecified atom stereocenters. The van der Waals surface area contributed by atoms with Crippen molar-refractivity contribution < 1.29 is 19.9 Å². The summed E-state index contributed by atoms with van der Waals surface area (Å²) in [6.45, 7) is 0. The van der Waals surface area contributed by atoms with E-state index in [-0.39, 0.29) is 33.5 Å². The van der Waals surface area contributed by atoms with Crippen molar-refractivity contribution >= 4 is 39.7 Å². The summed E-state index contributed by atoms with van der Waals surface area (Å²) in [6.07, 6.45) is 0. The number of benzene rings is 3. The van der Waals surface area contributed by atoms with Gasteiger partial charge in [-0.15, -0.1) is 10.2 Å². The fraction of sp³-hybridized carbons (Fsp3) is 0. The van der Waals surface area contributed by atoms with Gasteiger partial charge < -0.3 is 10.2 Å². The topological polar surface area (TPSA) is 125 Å². The standard InChI is InChI=1S/C17H10ClN3O5/c18-13-14(16(23)12-4-2-1-3-11(12)15(13)22)19-20-17(24)9-5-7-10(8-6-9)21(25)26/h1-8,22-23H.